The zero-order valence-electron chi connectivity index (χ0n) is 40.7. The van der Waals surface area contributed by atoms with Gasteiger partial charge in [0.1, 0.15) is 0 Å². The summed E-state index contributed by atoms with van der Waals surface area (Å²) in [4.78, 5) is 0. The van der Waals surface area contributed by atoms with Gasteiger partial charge in [-0.1, -0.05) is 145 Å². The third-order valence-electron chi connectivity index (χ3n) is 15.3. The van der Waals surface area contributed by atoms with Crippen molar-refractivity contribution in [2.45, 2.75) is 27.7 Å². The van der Waals surface area contributed by atoms with Gasteiger partial charge in [0.25, 0.3) is 0 Å². The third kappa shape index (κ3) is 6.39. The van der Waals surface area contributed by atoms with Gasteiger partial charge in [-0.3, -0.25) is 0 Å². The molecule has 0 saturated carbocycles. The Morgan fingerprint density at radius 2 is 0.556 bits per heavy atom. The molecule has 0 amide bonds. The number of fused-ring (bicyclic) bond motifs is 8. The fourth-order valence-corrected chi connectivity index (χ4v) is 11.9. The summed E-state index contributed by atoms with van der Waals surface area (Å²) in [5.74, 6) is 0. The van der Waals surface area contributed by atoms with Crippen molar-refractivity contribution >= 4 is 65.4 Å². The summed E-state index contributed by atoms with van der Waals surface area (Å²) in [6.07, 6.45) is 0. The van der Waals surface area contributed by atoms with Gasteiger partial charge in [0.05, 0.1) is 33.1 Å². The third-order valence-corrected chi connectivity index (χ3v) is 15.3. The van der Waals surface area contributed by atoms with E-state index < -0.39 is 0 Å². The minimum absolute atomic E-state index is 1.15. The van der Waals surface area contributed by atoms with Gasteiger partial charge in [-0.25, -0.2) is 0 Å². The van der Waals surface area contributed by atoms with Crippen LogP contribution in [0.2, 0.25) is 0 Å². The molecule has 4 heteroatoms. The Bertz CT molecular complexity index is 4160. The second kappa shape index (κ2) is 16.2. The predicted molar refractivity (Wildman–Crippen MR) is 304 cm³/mol. The fourth-order valence-electron chi connectivity index (χ4n) is 11.9. The van der Waals surface area contributed by atoms with Crippen LogP contribution in [0.5, 0.6) is 0 Å². The van der Waals surface area contributed by atoms with E-state index in [1.165, 1.54) is 133 Å². The van der Waals surface area contributed by atoms with Crippen LogP contribution >= 0.6 is 0 Å². The Morgan fingerprint density at radius 1 is 0.222 bits per heavy atom. The second-order valence-corrected chi connectivity index (χ2v) is 19.6. The van der Waals surface area contributed by atoms with Crippen molar-refractivity contribution in [1.82, 2.24) is 18.3 Å². The van der Waals surface area contributed by atoms with Gasteiger partial charge in [-0.05, 0) is 147 Å². The molecule has 14 aromatic rings. The molecular weight excluding hydrogens is 873 g/mol. The van der Waals surface area contributed by atoms with E-state index in [1.807, 2.05) is 0 Å². The summed E-state index contributed by atoms with van der Waals surface area (Å²) in [5.41, 5.74) is 24.0. The number of aromatic nitrogens is 4. The van der Waals surface area contributed by atoms with E-state index >= 15 is 0 Å². The van der Waals surface area contributed by atoms with Crippen LogP contribution in [-0.2, 0) is 0 Å². The lowest BCUT2D eigenvalue weighted by Crippen LogP contribution is -1.98. The number of nitrogens with zero attached hydrogens (tertiary/aromatic N) is 4. The maximum atomic E-state index is 2.47. The molecule has 0 saturated heterocycles. The Labute approximate surface area is 418 Å². The van der Waals surface area contributed by atoms with Gasteiger partial charge >= 0.3 is 0 Å². The molecule has 0 N–H and O–H groups in total. The highest BCUT2D eigenvalue weighted by molar-refractivity contribution is 6.12. The summed E-state index contributed by atoms with van der Waals surface area (Å²) >= 11 is 0. The molecule has 14 rings (SSSR count). The fraction of sp³-hybridized carbons (Fsp3) is 0.0588. The summed E-state index contributed by atoms with van der Waals surface area (Å²) in [6, 6.07) is 85.3. The van der Waals surface area contributed by atoms with Crippen LogP contribution in [0.4, 0.5) is 0 Å². The molecule has 10 aromatic carbocycles. The largest absolute Gasteiger partial charge is 0.313 e. The zero-order valence-corrected chi connectivity index (χ0v) is 40.7. The average Bonchev–Trinajstić information content (AvgIpc) is 4.12. The number of hydrogen-bond acceptors (Lipinski definition) is 0. The molecule has 0 aliphatic rings. The first-order valence-corrected chi connectivity index (χ1v) is 25.0. The van der Waals surface area contributed by atoms with Crippen LogP contribution in [0.3, 0.4) is 0 Å². The van der Waals surface area contributed by atoms with Gasteiger partial charge < -0.3 is 18.3 Å². The molecule has 0 aliphatic heterocycles. The minimum Gasteiger partial charge on any atom is -0.313 e. The van der Waals surface area contributed by atoms with Gasteiger partial charge in [0, 0.05) is 77.6 Å². The van der Waals surface area contributed by atoms with Gasteiger partial charge in [0.2, 0.25) is 0 Å². The zero-order chi connectivity index (χ0) is 48.2. The number of para-hydroxylation sites is 2. The molecule has 0 atom stereocenters. The molecule has 0 unspecified atom stereocenters. The summed E-state index contributed by atoms with van der Waals surface area (Å²) in [5, 5.41) is 7.43. The molecule has 72 heavy (non-hydrogen) atoms. The first-order chi connectivity index (χ1) is 35.4. The monoisotopic (exact) mass is 922 g/mol. The Hall–Kier alpha value is -9.12. The lowest BCUT2D eigenvalue weighted by molar-refractivity contribution is 1.06. The topological polar surface area (TPSA) is 19.7 Å². The highest BCUT2D eigenvalue weighted by atomic mass is 15.0. The van der Waals surface area contributed by atoms with Gasteiger partial charge in [0.15, 0.2) is 0 Å². The molecule has 4 aromatic heterocycles. The highest BCUT2D eigenvalue weighted by Crippen LogP contribution is 2.44. The van der Waals surface area contributed by atoms with E-state index in [2.05, 4.69) is 276 Å². The van der Waals surface area contributed by atoms with E-state index in [9.17, 15) is 0 Å². The molecule has 0 bridgehead atoms. The molecule has 0 aliphatic carbocycles. The van der Waals surface area contributed by atoms with Gasteiger partial charge in [-0.15, -0.1) is 0 Å². The summed E-state index contributed by atoms with van der Waals surface area (Å²) in [6.45, 7) is 8.85. The van der Waals surface area contributed by atoms with Gasteiger partial charge in [-0.2, -0.15) is 0 Å². The molecule has 0 spiro atoms. The van der Waals surface area contributed by atoms with Crippen LogP contribution in [-0.4, -0.2) is 18.3 Å². The standard InChI is InChI=1S/C68H50N4/c1-43-23-29-51(30-24-43)71-61-21-13-11-19-55(61)57-41-53(33-37-63(57)71)69-45(3)67(47-15-7-5-8-16-47)59-39-49(27-35-65(59)69)50-28-36-66-60(40-50)68(48-17-9-6-10-18-48)46(4)70(66)54-34-38-64-58(42-54)56-20-12-14-22-62(56)72(64)52-31-25-44(2)26-32-52/h5-42H,1-4H3. The number of rotatable bonds is 7. The number of benzene rings is 10. The number of aryl methyl sites for hydroxylation is 2. The molecule has 4 heterocycles. The SMILES string of the molecule is Cc1ccc(-n2c3ccccc3c3cc(-n4c(C)c(-c5ccccc5)c5cc(-c6ccc7c(c6)c(-c6ccccc6)c(C)n7-c6ccc7c(c6)c6ccccc6n7-c6ccc(C)cc6)ccc54)ccc32)cc1. The van der Waals surface area contributed by atoms with E-state index in [0.29, 0.717) is 0 Å². The molecular formula is C68H50N4. The lowest BCUT2D eigenvalue weighted by Gasteiger charge is -2.12. The molecule has 0 fully saturated rings. The maximum absolute atomic E-state index is 2.47. The Morgan fingerprint density at radius 3 is 0.972 bits per heavy atom. The van der Waals surface area contributed by atoms with Crippen LogP contribution in [0.15, 0.2) is 231 Å². The van der Waals surface area contributed by atoms with Crippen LogP contribution in [0, 0.1) is 27.7 Å². The Kier molecular flexibility index (Phi) is 9.43. The quantitative estimate of drug-likeness (QED) is 0.152. The van der Waals surface area contributed by atoms with Crippen molar-refractivity contribution in [3.05, 3.63) is 253 Å². The predicted octanol–water partition coefficient (Wildman–Crippen LogP) is 18.0. The molecule has 342 valence electrons. The van der Waals surface area contributed by atoms with Crippen LogP contribution in [0.1, 0.15) is 22.5 Å². The van der Waals surface area contributed by atoms with Crippen LogP contribution < -0.4 is 0 Å². The summed E-state index contributed by atoms with van der Waals surface area (Å²) < 4.78 is 9.73. The van der Waals surface area contributed by atoms with E-state index in [0.717, 1.165) is 11.4 Å². The van der Waals surface area contributed by atoms with E-state index in [1.54, 1.807) is 0 Å². The second-order valence-electron chi connectivity index (χ2n) is 19.6. The first kappa shape index (κ1) is 41.8. The van der Waals surface area contributed by atoms with Crippen molar-refractivity contribution in [2.75, 3.05) is 0 Å². The smallest absolute Gasteiger partial charge is 0.0542 e. The van der Waals surface area contributed by atoms with Crippen molar-refractivity contribution in [2.24, 2.45) is 0 Å². The number of hydrogen-bond donors (Lipinski definition) is 0. The maximum Gasteiger partial charge on any atom is 0.0542 e. The molecule has 4 nitrogen and oxygen atoms in total. The average molecular weight is 923 g/mol. The first-order valence-electron chi connectivity index (χ1n) is 25.0. The van der Waals surface area contributed by atoms with E-state index in [4.69, 9.17) is 0 Å². The van der Waals surface area contributed by atoms with E-state index in [-0.39, 0.29) is 0 Å². The van der Waals surface area contributed by atoms with Crippen molar-refractivity contribution in [1.29, 1.82) is 0 Å². The minimum atomic E-state index is 1.15. The summed E-state index contributed by atoms with van der Waals surface area (Å²) in [7, 11) is 0. The van der Waals surface area contributed by atoms with Crippen molar-refractivity contribution in [3.8, 4) is 56.1 Å². The molecule has 0 radical (unpaired) electrons. The Balaban J connectivity index is 0.941. The van der Waals surface area contributed by atoms with Crippen LogP contribution in [0.25, 0.3) is 122 Å². The lowest BCUT2D eigenvalue weighted by atomic mass is 9.96. The van der Waals surface area contributed by atoms with Crippen molar-refractivity contribution < 1.29 is 0 Å². The highest BCUT2D eigenvalue weighted by Gasteiger charge is 2.23. The normalized spacial score (nSPS) is 11.9. The van der Waals surface area contributed by atoms with Crippen molar-refractivity contribution in [3.63, 3.8) is 0 Å².